The van der Waals surface area contributed by atoms with Gasteiger partial charge in [0.05, 0.1) is 27.7 Å². The van der Waals surface area contributed by atoms with Gasteiger partial charge in [-0.25, -0.2) is 0 Å². The van der Waals surface area contributed by atoms with Gasteiger partial charge < -0.3 is 27.9 Å². The molecule has 0 aliphatic carbocycles. The van der Waals surface area contributed by atoms with E-state index in [1.165, 1.54) is 83.5 Å². The molecule has 0 N–H and O–H groups in total. The zero-order chi connectivity index (χ0) is 40.0. The maximum Gasteiger partial charge on any atom is 0.306 e. The van der Waals surface area contributed by atoms with E-state index in [0.717, 1.165) is 57.8 Å². The van der Waals surface area contributed by atoms with Crippen LogP contribution in [-0.2, 0) is 32.7 Å². The Bertz CT molecular complexity index is 1020. The molecule has 0 saturated carbocycles. The summed E-state index contributed by atoms with van der Waals surface area (Å²) in [5.74, 6) is -0.876. The molecule has 0 saturated heterocycles. The highest BCUT2D eigenvalue weighted by atomic mass is 31.2. The summed E-state index contributed by atoms with van der Waals surface area (Å²) < 4.78 is 33.8. The summed E-state index contributed by atoms with van der Waals surface area (Å²) in [6.45, 7) is 4.16. The number of rotatable bonds is 39. The highest BCUT2D eigenvalue weighted by Gasteiger charge is 2.21. The number of phosphoric ester groups is 1. The molecule has 0 aromatic rings. The lowest BCUT2D eigenvalue weighted by Crippen LogP contribution is -2.37. The molecule has 0 aromatic carbocycles. The molecular formula is C44H82NO8P. The molecule has 0 bridgehead atoms. The SMILES string of the molecule is CCCCC/C=C/C/C=C/CCCCCCCC(=O)OC[C@H](COP(=O)([O-])OCC[N+](C)(C)C)OC(=O)CCCC/C=C/CCCCCCCCCCC. The van der Waals surface area contributed by atoms with Crippen molar-refractivity contribution in [1.82, 2.24) is 0 Å². The zero-order valence-corrected chi connectivity index (χ0v) is 36.3. The molecule has 316 valence electrons. The van der Waals surface area contributed by atoms with Crippen molar-refractivity contribution >= 4 is 19.8 Å². The number of allylic oxidation sites excluding steroid dienone is 6. The van der Waals surface area contributed by atoms with Gasteiger partial charge in [0.2, 0.25) is 0 Å². The second-order valence-electron chi connectivity index (χ2n) is 15.7. The topological polar surface area (TPSA) is 111 Å². The van der Waals surface area contributed by atoms with Crippen LogP contribution >= 0.6 is 7.82 Å². The van der Waals surface area contributed by atoms with Crippen molar-refractivity contribution in [3.05, 3.63) is 36.5 Å². The van der Waals surface area contributed by atoms with Gasteiger partial charge in [-0.3, -0.25) is 14.2 Å². The van der Waals surface area contributed by atoms with Gasteiger partial charge in [-0.15, -0.1) is 0 Å². The lowest BCUT2D eigenvalue weighted by atomic mass is 10.1. The number of carbonyl (C=O) groups excluding carboxylic acids is 2. The number of quaternary nitrogens is 1. The quantitative estimate of drug-likeness (QED) is 0.0199. The molecule has 0 aromatic heterocycles. The van der Waals surface area contributed by atoms with Crippen molar-refractivity contribution in [3.63, 3.8) is 0 Å². The molecule has 0 radical (unpaired) electrons. The zero-order valence-electron chi connectivity index (χ0n) is 35.4. The lowest BCUT2D eigenvalue weighted by molar-refractivity contribution is -0.870. The maximum atomic E-state index is 12.6. The fourth-order valence-electron chi connectivity index (χ4n) is 5.68. The van der Waals surface area contributed by atoms with Crippen LogP contribution in [0.3, 0.4) is 0 Å². The third-order valence-electron chi connectivity index (χ3n) is 9.13. The molecule has 0 heterocycles. The summed E-state index contributed by atoms with van der Waals surface area (Å²) in [6, 6.07) is 0. The van der Waals surface area contributed by atoms with Crippen LogP contribution in [0.4, 0.5) is 0 Å². The number of hydrogen-bond acceptors (Lipinski definition) is 8. The molecule has 0 aliphatic rings. The first kappa shape index (κ1) is 52.2. The van der Waals surface area contributed by atoms with Gasteiger partial charge in [0.15, 0.2) is 6.10 Å². The van der Waals surface area contributed by atoms with E-state index in [1.54, 1.807) is 0 Å². The number of ether oxygens (including phenoxy) is 2. The van der Waals surface area contributed by atoms with Gasteiger partial charge >= 0.3 is 11.9 Å². The summed E-state index contributed by atoms with van der Waals surface area (Å²) in [4.78, 5) is 37.5. The predicted molar refractivity (Wildman–Crippen MR) is 222 cm³/mol. The van der Waals surface area contributed by atoms with E-state index in [0.29, 0.717) is 23.9 Å². The van der Waals surface area contributed by atoms with E-state index in [1.807, 2.05) is 21.1 Å². The normalized spacial score (nSPS) is 14.0. The minimum Gasteiger partial charge on any atom is -0.756 e. The number of likely N-dealkylation sites (N-methyl/N-ethyl adjacent to an activating group) is 1. The monoisotopic (exact) mass is 784 g/mol. The van der Waals surface area contributed by atoms with Crippen molar-refractivity contribution in [2.75, 3.05) is 47.5 Å². The Labute approximate surface area is 331 Å². The van der Waals surface area contributed by atoms with Gasteiger partial charge in [0.1, 0.15) is 19.8 Å². The van der Waals surface area contributed by atoms with Gasteiger partial charge in [0, 0.05) is 12.8 Å². The van der Waals surface area contributed by atoms with Crippen LogP contribution in [0.1, 0.15) is 181 Å². The van der Waals surface area contributed by atoms with E-state index in [9.17, 15) is 19.0 Å². The molecule has 0 aliphatic heterocycles. The summed E-state index contributed by atoms with van der Waals surface area (Å²) in [5.41, 5.74) is 0. The second kappa shape index (κ2) is 36.8. The van der Waals surface area contributed by atoms with Crippen molar-refractivity contribution < 1.29 is 42.1 Å². The highest BCUT2D eigenvalue weighted by Crippen LogP contribution is 2.38. The number of phosphoric acid groups is 1. The number of esters is 2. The van der Waals surface area contributed by atoms with Crippen LogP contribution in [0, 0.1) is 0 Å². The minimum atomic E-state index is -4.63. The van der Waals surface area contributed by atoms with Gasteiger partial charge in [0.25, 0.3) is 7.82 Å². The Morgan fingerprint density at radius 1 is 0.574 bits per heavy atom. The van der Waals surface area contributed by atoms with Crippen LogP contribution in [0.2, 0.25) is 0 Å². The van der Waals surface area contributed by atoms with E-state index in [2.05, 4.69) is 50.3 Å². The smallest absolute Gasteiger partial charge is 0.306 e. The van der Waals surface area contributed by atoms with Gasteiger partial charge in [-0.2, -0.15) is 0 Å². The Morgan fingerprint density at radius 2 is 1.00 bits per heavy atom. The molecule has 54 heavy (non-hydrogen) atoms. The third-order valence-corrected chi connectivity index (χ3v) is 10.1. The van der Waals surface area contributed by atoms with E-state index in [-0.39, 0.29) is 26.1 Å². The average molecular weight is 784 g/mol. The molecular weight excluding hydrogens is 701 g/mol. The average Bonchev–Trinajstić information content (AvgIpc) is 3.12. The second-order valence-corrected chi connectivity index (χ2v) is 17.1. The van der Waals surface area contributed by atoms with E-state index >= 15 is 0 Å². The van der Waals surface area contributed by atoms with Crippen molar-refractivity contribution in [2.45, 2.75) is 187 Å². The van der Waals surface area contributed by atoms with Crippen molar-refractivity contribution in [3.8, 4) is 0 Å². The summed E-state index contributed by atoms with van der Waals surface area (Å²) >= 11 is 0. The summed E-state index contributed by atoms with van der Waals surface area (Å²) in [6.07, 6.45) is 40.3. The first-order valence-corrected chi connectivity index (χ1v) is 23.2. The van der Waals surface area contributed by atoms with Crippen LogP contribution in [0.5, 0.6) is 0 Å². The van der Waals surface area contributed by atoms with Crippen LogP contribution in [0.15, 0.2) is 36.5 Å². The van der Waals surface area contributed by atoms with Crippen LogP contribution in [-0.4, -0.2) is 70.0 Å². The molecule has 0 fully saturated rings. The molecule has 10 heteroatoms. The Balaban J connectivity index is 4.42. The fraction of sp³-hybridized carbons (Fsp3) is 0.818. The standard InChI is InChI=1S/C44H82NO8P/c1-6-8-10-12-14-16-18-20-22-24-26-28-30-32-34-36-43(46)50-40-42(41-52-54(48,49)51-39-38-45(3,4)5)53-44(47)37-35-33-31-29-27-25-23-21-19-17-15-13-11-9-7-2/h14,16,20,22,27,29,42H,6-13,15,17-19,21,23-26,28,30-41H2,1-5H3/b16-14+,22-20+,29-27+/t42-/m1/s1. The predicted octanol–water partition coefficient (Wildman–Crippen LogP) is 11.5. The van der Waals surface area contributed by atoms with Gasteiger partial charge in [-0.1, -0.05) is 134 Å². The summed E-state index contributed by atoms with van der Waals surface area (Å²) in [5, 5.41) is 0. The van der Waals surface area contributed by atoms with Crippen molar-refractivity contribution in [2.24, 2.45) is 0 Å². The third kappa shape index (κ3) is 39.9. The van der Waals surface area contributed by atoms with E-state index in [4.69, 9.17) is 18.5 Å². The van der Waals surface area contributed by atoms with Gasteiger partial charge in [-0.05, 0) is 70.6 Å². The largest absolute Gasteiger partial charge is 0.756 e. The molecule has 0 rings (SSSR count). The molecule has 1 unspecified atom stereocenters. The molecule has 2 atom stereocenters. The van der Waals surface area contributed by atoms with E-state index < -0.39 is 32.5 Å². The first-order valence-electron chi connectivity index (χ1n) is 21.7. The number of hydrogen-bond donors (Lipinski definition) is 0. The Morgan fingerprint density at radius 3 is 1.56 bits per heavy atom. The first-order chi connectivity index (χ1) is 26.0. The van der Waals surface area contributed by atoms with Crippen LogP contribution in [0.25, 0.3) is 0 Å². The molecule has 0 spiro atoms. The Kier molecular flexibility index (Phi) is 35.6. The Hall–Kier alpha value is -1.77. The molecule has 9 nitrogen and oxygen atoms in total. The lowest BCUT2D eigenvalue weighted by Gasteiger charge is -2.28. The number of nitrogens with zero attached hydrogens (tertiary/aromatic N) is 1. The van der Waals surface area contributed by atoms with Crippen molar-refractivity contribution in [1.29, 1.82) is 0 Å². The van der Waals surface area contributed by atoms with Crippen LogP contribution < -0.4 is 4.89 Å². The molecule has 0 amide bonds. The number of unbranched alkanes of at least 4 members (excludes halogenated alkanes) is 19. The fourth-order valence-corrected chi connectivity index (χ4v) is 6.41. The maximum absolute atomic E-state index is 12.6. The highest BCUT2D eigenvalue weighted by molar-refractivity contribution is 7.45. The number of carbonyl (C=O) groups is 2. The minimum absolute atomic E-state index is 0.0368. The summed E-state index contributed by atoms with van der Waals surface area (Å²) in [7, 11) is 1.14.